The van der Waals surface area contributed by atoms with Gasteiger partial charge in [-0.2, -0.15) is 0 Å². The molecule has 1 heteroatoms. The maximum Gasteiger partial charge on any atom is 0.00415 e. The zero-order valence-electron chi connectivity index (χ0n) is 6.43. The maximum absolute atomic E-state index is 5.79. The summed E-state index contributed by atoms with van der Waals surface area (Å²) in [6, 6.07) is 0.496. The molecule has 9 heavy (non-hydrogen) atoms. The summed E-state index contributed by atoms with van der Waals surface area (Å²) < 4.78 is 0. The van der Waals surface area contributed by atoms with Crippen molar-refractivity contribution in [2.45, 2.75) is 39.2 Å². The van der Waals surface area contributed by atoms with Crippen LogP contribution in [0.3, 0.4) is 0 Å². The van der Waals surface area contributed by atoms with Gasteiger partial charge in [0.15, 0.2) is 0 Å². The molecule has 2 unspecified atom stereocenters. The van der Waals surface area contributed by atoms with Crippen LogP contribution in [0.1, 0.15) is 33.1 Å². The molecule has 1 rings (SSSR count). The van der Waals surface area contributed by atoms with E-state index in [9.17, 15) is 0 Å². The SMILES string of the molecule is CC1CC(N)CC[C@@H]1C. The smallest absolute Gasteiger partial charge is 0.00415 e. The second kappa shape index (κ2) is 2.70. The zero-order valence-corrected chi connectivity index (χ0v) is 6.43. The van der Waals surface area contributed by atoms with Gasteiger partial charge in [0.2, 0.25) is 0 Å². The summed E-state index contributed by atoms with van der Waals surface area (Å²) in [5.41, 5.74) is 5.79. The van der Waals surface area contributed by atoms with E-state index in [0.717, 1.165) is 11.8 Å². The van der Waals surface area contributed by atoms with E-state index in [-0.39, 0.29) is 0 Å². The van der Waals surface area contributed by atoms with Crippen LogP contribution in [0.2, 0.25) is 0 Å². The Morgan fingerprint density at radius 2 is 1.78 bits per heavy atom. The molecule has 1 aliphatic carbocycles. The summed E-state index contributed by atoms with van der Waals surface area (Å²) in [5.74, 6) is 1.76. The Labute approximate surface area is 57.6 Å². The first-order valence-corrected chi connectivity index (χ1v) is 3.95. The van der Waals surface area contributed by atoms with Crippen molar-refractivity contribution in [3.63, 3.8) is 0 Å². The molecule has 0 spiro atoms. The summed E-state index contributed by atoms with van der Waals surface area (Å²) in [6.45, 7) is 4.64. The van der Waals surface area contributed by atoms with Crippen LogP contribution < -0.4 is 5.73 Å². The highest BCUT2D eigenvalue weighted by Crippen LogP contribution is 2.27. The third kappa shape index (κ3) is 1.68. The van der Waals surface area contributed by atoms with Crippen LogP contribution in [0.25, 0.3) is 0 Å². The molecular weight excluding hydrogens is 110 g/mol. The van der Waals surface area contributed by atoms with Crippen LogP contribution in [0.5, 0.6) is 0 Å². The lowest BCUT2D eigenvalue weighted by atomic mass is 9.79. The third-order valence-corrected chi connectivity index (χ3v) is 2.64. The average Bonchev–Trinajstić information content (AvgIpc) is 1.80. The van der Waals surface area contributed by atoms with Gasteiger partial charge in [0, 0.05) is 6.04 Å². The van der Waals surface area contributed by atoms with Crippen molar-refractivity contribution < 1.29 is 0 Å². The minimum atomic E-state index is 0.496. The van der Waals surface area contributed by atoms with Gasteiger partial charge in [-0.1, -0.05) is 13.8 Å². The van der Waals surface area contributed by atoms with E-state index < -0.39 is 0 Å². The predicted molar refractivity (Wildman–Crippen MR) is 40.2 cm³/mol. The fourth-order valence-corrected chi connectivity index (χ4v) is 1.59. The Morgan fingerprint density at radius 1 is 1.11 bits per heavy atom. The van der Waals surface area contributed by atoms with Crippen LogP contribution in [0.15, 0.2) is 0 Å². The summed E-state index contributed by atoms with van der Waals surface area (Å²) in [6.07, 6.45) is 3.81. The van der Waals surface area contributed by atoms with E-state index in [2.05, 4.69) is 13.8 Å². The van der Waals surface area contributed by atoms with Crippen molar-refractivity contribution in [1.29, 1.82) is 0 Å². The largest absolute Gasteiger partial charge is 0.328 e. The second-order valence-electron chi connectivity index (χ2n) is 3.53. The minimum Gasteiger partial charge on any atom is -0.328 e. The normalized spacial score (nSPS) is 45.0. The molecule has 0 aromatic heterocycles. The van der Waals surface area contributed by atoms with Crippen molar-refractivity contribution in [3.05, 3.63) is 0 Å². The van der Waals surface area contributed by atoms with E-state index >= 15 is 0 Å². The molecule has 3 atom stereocenters. The molecule has 0 amide bonds. The van der Waals surface area contributed by atoms with E-state index in [1.165, 1.54) is 19.3 Å². The number of hydrogen-bond donors (Lipinski definition) is 1. The molecule has 0 saturated heterocycles. The number of nitrogens with two attached hydrogens (primary N) is 1. The molecule has 0 heterocycles. The summed E-state index contributed by atoms with van der Waals surface area (Å²) >= 11 is 0. The zero-order chi connectivity index (χ0) is 6.85. The van der Waals surface area contributed by atoms with Crippen molar-refractivity contribution in [2.24, 2.45) is 17.6 Å². The molecule has 0 aromatic rings. The Bertz CT molecular complexity index is 90.6. The lowest BCUT2D eigenvalue weighted by Gasteiger charge is -2.29. The Morgan fingerprint density at radius 3 is 2.22 bits per heavy atom. The van der Waals surface area contributed by atoms with Gasteiger partial charge in [0.25, 0.3) is 0 Å². The lowest BCUT2D eigenvalue weighted by Crippen LogP contribution is -2.30. The summed E-state index contributed by atoms with van der Waals surface area (Å²) in [4.78, 5) is 0. The molecular formula is C8H17N. The molecule has 2 N–H and O–H groups in total. The average molecular weight is 127 g/mol. The third-order valence-electron chi connectivity index (χ3n) is 2.64. The van der Waals surface area contributed by atoms with Gasteiger partial charge < -0.3 is 5.73 Å². The maximum atomic E-state index is 5.79. The number of hydrogen-bond acceptors (Lipinski definition) is 1. The summed E-state index contributed by atoms with van der Waals surface area (Å²) in [5, 5.41) is 0. The van der Waals surface area contributed by atoms with Gasteiger partial charge >= 0.3 is 0 Å². The van der Waals surface area contributed by atoms with Gasteiger partial charge in [0.1, 0.15) is 0 Å². The fourth-order valence-electron chi connectivity index (χ4n) is 1.59. The second-order valence-corrected chi connectivity index (χ2v) is 3.53. The molecule has 54 valence electrons. The van der Waals surface area contributed by atoms with Crippen LogP contribution in [0, 0.1) is 11.8 Å². The molecule has 0 radical (unpaired) electrons. The van der Waals surface area contributed by atoms with Crippen LogP contribution in [0.4, 0.5) is 0 Å². The summed E-state index contributed by atoms with van der Waals surface area (Å²) in [7, 11) is 0. The monoisotopic (exact) mass is 127 g/mol. The van der Waals surface area contributed by atoms with E-state index in [0.29, 0.717) is 6.04 Å². The lowest BCUT2D eigenvalue weighted by molar-refractivity contribution is 0.251. The van der Waals surface area contributed by atoms with Crippen molar-refractivity contribution >= 4 is 0 Å². The van der Waals surface area contributed by atoms with Gasteiger partial charge in [-0.05, 0) is 31.1 Å². The Kier molecular flexibility index (Phi) is 2.12. The van der Waals surface area contributed by atoms with E-state index in [4.69, 9.17) is 5.73 Å². The molecule has 1 saturated carbocycles. The van der Waals surface area contributed by atoms with E-state index in [1.807, 2.05) is 0 Å². The van der Waals surface area contributed by atoms with E-state index in [1.54, 1.807) is 0 Å². The first-order valence-electron chi connectivity index (χ1n) is 3.95. The first-order chi connectivity index (χ1) is 4.20. The Balaban J connectivity index is 2.35. The standard InChI is InChI=1S/C8H17N/c1-6-3-4-8(9)5-7(6)2/h6-8H,3-5,9H2,1-2H3/t6-,7?,8?/m0/s1. The van der Waals surface area contributed by atoms with Gasteiger partial charge in [-0.15, -0.1) is 0 Å². The predicted octanol–water partition coefficient (Wildman–Crippen LogP) is 1.77. The molecule has 0 bridgehead atoms. The fraction of sp³-hybridized carbons (Fsp3) is 1.00. The molecule has 0 aliphatic heterocycles. The van der Waals surface area contributed by atoms with Gasteiger partial charge in [-0.25, -0.2) is 0 Å². The Hall–Kier alpha value is -0.0400. The topological polar surface area (TPSA) is 26.0 Å². The number of rotatable bonds is 0. The minimum absolute atomic E-state index is 0.496. The molecule has 1 nitrogen and oxygen atoms in total. The van der Waals surface area contributed by atoms with Crippen LogP contribution >= 0.6 is 0 Å². The molecule has 1 fully saturated rings. The highest BCUT2D eigenvalue weighted by Gasteiger charge is 2.21. The first kappa shape index (κ1) is 7.07. The van der Waals surface area contributed by atoms with Crippen molar-refractivity contribution in [2.75, 3.05) is 0 Å². The van der Waals surface area contributed by atoms with Gasteiger partial charge in [-0.3, -0.25) is 0 Å². The quantitative estimate of drug-likeness (QED) is 0.527. The van der Waals surface area contributed by atoms with Gasteiger partial charge in [0.05, 0.1) is 0 Å². The van der Waals surface area contributed by atoms with Crippen LogP contribution in [-0.4, -0.2) is 6.04 Å². The van der Waals surface area contributed by atoms with Crippen molar-refractivity contribution in [1.82, 2.24) is 0 Å². The highest BCUT2D eigenvalue weighted by molar-refractivity contribution is 4.76. The molecule has 0 aromatic carbocycles. The molecule has 1 aliphatic rings. The van der Waals surface area contributed by atoms with Crippen molar-refractivity contribution in [3.8, 4) is 0 Å². The van der Waals surface area contributed by atoms with Crippen LogP contribution in [-0.2, 0) is 0 Å². The highest BCUT2D eigenvalue weighted by atomic mass is 14.6.